The van der Waals surface area contributed by atoms with E-state index in [0.29, 0.717) is 0 Å². The topological polar surface area (TPSA) is 116 Å². The van der Waals surface area contributed by atoms with Gasteiger partial charge in [-0.3, -0.25) is 14.9 Å². The number of hydrogen-bond acceptors (Lipinski definition) is 6. The molecule has 1 aromatic carbocycles. The van der Waals surface area contributed by atoms with Crippen LogP contribution in [0.4, 0.5) is 5.69 Å². The largest absolute Gasteiger partial charge is 0.469 e. The summed E-state index contributed by atoms with van der Waals surface area (Å²) < 4.78 is 30.7. The summed E-state index contributed by atoms with van der Waals surface area (Å²) in [5, 5.41) is 10.7. The minimum Gasteiger partial charge on any atom is -0.469 e. The standard InChI is InChI=1S/C11H13ClN2O6S/c1-7-5-8(12)9(14(16)17)6-10(7)21(18,19)13-4-3-11(15)20-2/h5-6,13H,3-4H2,1-2H3. The first-order valence-corrected chi connectivity index (χ1v) is 7.56. The van der Waals surface area contributed by atoms with E-state index in [0.717, 1.165) is 6.07 Å². The second kappa shape index (κ2) is 6.83. The molecular formula is C11H13ClN2O6S. The number of nitrogens with one attached hydrogen (secondary N) is 1. The number of methoxy groups -OCH3 is 1. The summed E-state index contributed by atoms with van der Waals surface area (Å²) in [6.07, 6.45) is -0.148. The summed E-state index contributed by atoms with van der Waals surface area (Å²) in [4.78, 5) is 20.7. The van der Waals surface area contributed by atoms with E-state index < -0.39 is 26.6 Å². The Morgan fingerprint density at radius 3 is 2.62 bits per heavy atom. The number of esters is 1. The van der Waals surface area contributed by atoms with E-state index >= 15 is 0 Å². The van der Waals surface area contributed by atoms with Gasteiger partial charge < -0.3 is 4.74 Å². The van der Waals surface area contributed by atoms with Crippen molar-refractivity contribution in [3.05, 3.63) is 32.8 Å². The average molecular weight is 337 g/mol. The van der Waals surface area contributed by atoms with Gasteiger partial charge in [0.1, 0.15) is 5.02 Å². The van der Waals surface area contributed by atoms with Crippen molar-refractivity contribution in [1.29, 1.82) is 0 Å². The van der Waals surface area contributed by atoms with Gasteiger partial charge in [0.25, 0.3) is 5.69 Å². The molecule has 0 atom stereocenters. The van der Waals surface area contributed by atoms with Gasteiger partial charge in [0.15, 0.2) is 0 Å². The fourth-order valence-corrected chi connectivity index (χ4v) is 3.10. The van der Waals surface area contributed by atoms with Crippen molar-refractivity contribution in [3.8, 4) is 0 Å². The number of sulfonamides is 1. The average Bonchev–Trinajstić information content (AvgIpc) is 2.37. The van der Waals surface area contributed by atoms with Crippen molar-refractivity contribution in [2.24, 2.45) is 0 Å². The van der Waals surface area contributed by atoms with E-state index in [4.69, 9.17) is 11.6 Å². The van der Waals surface area contributed by atoms with E-state index in [2.05, 4.69) is 9.46 Å². The molecule has 0 aliphatic carbocycles. The monoisotopic (exact) mass is 336 g/mol. The number of nitro benzene ring substituents is 1. The lowest BCUT2D eigenvalue weighted by Gasteiger charge is -2.09. The van der Waals surface area contributed by atoms with Crippen molar-refractivity contribution in [1.82, 2.24) is 4.72 Å². The third-order valence-corrected chi connectivity index (χ3v) is 4.49. The fourth-order valence-electron chi connectivity index (χ4n) is 1.54. The second-order valence-corrected chi connectivity index (χ2v) is 6.19. The van der Waals surface area contributed by atoms with Crippen LogP contribution >= 0.6 is 11.6 Å². The van der Waals surface area contributed by atoms with E-state index in [1.165, 1.54) is 20.1 Å². The molecular weight excluding hydrogens is 324 g/mol. The third-order valence-electron chi connectivity index (χ3n) is 2.58. The van der Waals surface area contributed by atoms with Crippen LogP contribution in [0.3, 0.4) is 0 Å². The molecule has 21 heavy (non-hydrogen) atoms. The highest BCUT2D eigenvalue weighted by molar-refractivity contribution is 7.89. The van der Waals surface area contributed by atoms with Gasteiger partial charge in [-0.15, -0.1) is 0 Å². The minimum atomic E-state index is -3.99. The predicted molar refractivity (Wildman–Crippen MR) is 74.7 cm³/mol. The van der Waals surface area contributed by atoms with E-state index in [1.807, 2.05) is 0 Å². The summed E-state index contributed by atoms with van der Waals surface area (Å²) >= 11 is 5.69. The lowest BCUT2D eigenvalue weighted by molar-refractivity contribution is -0.384. The number of nitro groups is 1. The van der Waals surface area contributed by atoms with Crippen LogP contribution in [0.2, 0.25) is 5.02 Å². The molecule has 1 rings (SSSR count). The zero-order chi connectivity index (χ0) is 16.2. The molecule has 0 amide bonds. The lowest BCUT2D eigenvalue weighted by atomic mass is 10.2. The molecule has 116 valence electrons. The molecule has 0 aromatic heterocycles. The highest BCUT2D eigenvalue weighted by atomic mass is 35.5. The van der Waals surface area contributed by atoms with Crippen LogP contribution in [0.25, 0.3) is 0 Å². The molecule has 8 nitrogen and oxygen atoms in total. The highest BCUT2D eigenvalue weighted by Gasteiger charge is 2.23. The Labute approximate surface area is 126 Å². The number of halogens is 1. The molecule has 0 saturated carbocycles. The molecule has 0 aliphatic heterocycles. The number of benzene rings is 1. The van der Waals surface area contributed by atoms with Crippen molar-refractivity contribution in [2.45, 2.75) is 18.2 Å². The summed E-state index contributed by atoms with van der Waals surface area (Å²) in [5.41, 5.74) is -0.244. The summed E-state index contributed by atoms with van der Waals surface area (Å²) in [7, 11) is -2.80. The van der Waals surface area contributed by atoms with Crippen molar-refractivity contribution >= 4 is 33.3 Å². The number of aryl methyl sites for hydroxylation is 1. The molecule has 0 unspecified atom stereocenters. The maximum atomic E-state index is 12.1. The minimum absolute atomic E-state index is 0.147. The zero-order valence-corrected chi connectivity index (χ0v) is 12.8. The van der Waals surface area contributed by atoms with Crippen molar-refractivity contribution < 1.29 is 22.9 Å². The fraction of sp³-hybridized carbons (Fsp3) is 0.364. The van der Waals surface area contributed by atoms with Gasteiger partial charge in [-0.1, -0.05) is 11.6 Å². The Hall–Kier alpha value is -1.71. The molecule has 0 heterocycles. The molecule has 0 fully saturated rings. The molecule has 1 N–H and O–H groups in total. The summed E-state index contributed by atoms with van der Waals surface area (Å²) in [5.74, 6) is -0.573. The van der Waals surface area contributed by atoms with Crippen LogP contribution in [0, 0.1) is 17.0 Å². The van der Waals surface area contributed by atoms with Gasteiger partial charge in [-0.05, 0) is 18.6 Å². The zero-order valence-electron chi connectivity index (χ0n) is 11.3. The summed E-state index contributed by atoms with van der Waals surface area (Å²) in [6, 6.07) is 2.09. The number of rotatable bonds is 6. The van der Waals surface area contributed by atoms with Gasteiger partial charge in [-0.25, -0.2) is 13.1 Å². The SMILES string of the molecule is COC(=O)CCNS(=O)(=O)c1cc([N+](=O)[O-])c(Cl)cc1C. The third kappa shape index (κ3) is 4.38. The molecule has 0 radical (unpaired) electrons. The van der Waals surface area contributed by atoms with Gasteiger partial charge >= 0.3 is 5.97 Å². The Kier molecular flexibility index (Phi) is 5.64. The molecule has 0 saturated heterocycles. The van der Waals surface area contributed by atoms with Crippen molar-refractivity contribution in [2.75, 3.05) is 13.7 Å². The van der Waals surface area contributed by atoms with E-state index in [9.17, 15) is 23.3 Å². The van der Waals surface area contributed by atoms with Gasteiger partial charge in [0.05, 0.1) is 23.3 Å². The van der Waals surface area contributed by atoms with Gasteiger partial charge in [0, 0.05) is 12.6 Å². The Morgan fingerprint density at radius 2 is 2.10 bits per heavy atom. The van der Waals surface area contributed by atoms with E-state index in [1.54, 1.807) is 0 Å². The smallest absolute Gasteiger partial charge is 0.306 e. The maximum Gasteiger partial charge on any atom is 0.306 e. The van der Waals surface area contributed by atoms with Crippen LogP contribution in [0.1, 0.15) is 12.0 Å². The Balaban J connectivity index is 3.05. The molecule has 10 heteroatoms. The second-order valence-electron chi connectivity index (χ2n) is 4.05. The quantitative estimate of drug-likeness (QED) is 0.477. The number of hydrogen-bond donors (Lipinski definition) is 1. The summed E-state index contributed by atoms with van der Waals surface area (Å²) in [6.45, 7) is 1.29. The number of ether oxygens (including phenoxy) is 1. The van der Waals surface area contributed by atoms with Crippen LogP contribution in [0.5, 0.6) is 0 Å². The Morgan fingerprint density at radius 1 is 1.48 bits per heavy atom. The highest BCUT2D eigenvalue weighted by Crippen LogP contribution is 2.29. The molecule has 1 aromatic rings. The van der Waals surface area contributed by atoms with Crippen molar-refractivity contribution in [3.63, 3.8) is 0 Å². The van der Waals surface area contributed by atoms with Gasteiger partial charge in [-0.2, -0.15) is 0 Å². The number of nitrogens with zero attached hydrogens (tertiary/aromatic N) is 1. The van der Waals surface area contributed by atoms with Crippen LogP contribution in [-0.2, 0) is 19.6 Å². The first-order valence-electron chi connectivity index (χ1n) is 5.70. The van der Waals surface area contributed by atoms with E-state index in [-0.39, 0.29) is 28.4 Å². The number of carbonyl (C=O) groups excluding carboxylic acids is 1. The first kappa shape index (κ1) is 17.3. The lowest BCUT2D eigenvalue weighted by Crippen LogP contribution is -2.27. The van der Waals surface area contributed by atoms with Crippen LogP contribution in [-0.4, -0.2) is 33.0 Å². The molecule has 0 aliphatic rings. The predicted octanol–water partition coefficient (Wildman–Crippen LogP) is 1.40. The molecule has 0 spiro atoms. The first-order chi connectivity index (χ1) is 9.69. The van der Waals surface area contributed by atoms with Crippen LogP contribution < -0.4 is 4.72 Å². The maximum absolute atomic E-state index is 12.1. The Bertz CT molecular complexity index is 674. The van der Waals surface area contributed by atoms with Gasteiger partial charge in [0.2, 0.25) is 10.0 Å². The van der Waals surface area contributed by atoms with Crippen LogP contribution in [0.15, 0.2) is 17.0 Å². The normalized spacial score (nSPS) is 11.2. The molecule has 0 bridgehead atoms. The number of carbonyl (C=O) groups is 1.